The van der Waals surface area contributed by atoms with Gasteiger partial charge in [0, 0.05) is 5.92 Å². The first-order chi connectivity index (χ1) is 9.11. The van der Waals surface area contributed by atoms with Crippen LogP contribution in [0.3, 0.4) is 0 Å². The van der Waals surface area contributed by atoms with E-state index in [0.717, 1.165) is 0 Å². The van der Waals surface area contributed by atoms with Gasteiger partial charge in [-0.25, -0.2) is 4.39 Å². The van der Waals surface area contributed by atoms with Crippen molar-refractivity contribution in [1.82, 2.24) is 10.1 Å². The van der Waals surface area contributed by atoms with E-state index >= 15 is 0 Å². The number of halogens is 1. The highest BCUT2D eigenvalue weighted by atomic mass is 19.1. The molecule has 100 valence electrons. The van der Waals surface area contributed by atoms with Crippen LogP contribution in [-0.4, -0.2) is 16.4 Å². The fourth-order valence-corrected chi connectivity index (χ4v) is 1.47. The van der Waals surface area contributed by atoms with Crippen LogP contribution in [0.25, 0.3) is 0 Å². The van der Waals surface area contributed by atoms with Gasteiger partial charge < -0.3 is 9.26 Å². The minimum absolute atomic E-state index is 0.0819. The molecule has 2 rings (SSSR count). The zero-order valence-corrected chi connectivity index (χ0v) is 10.6. The zero-order valence-electron chi connectivity index (χ0n) is 10.6. The van der Waals surface area contributed by atoms with E-state index in [2.05, 4.69) is 10.1 Å². The third-order valence-electron chi connectivity index (χ3n) is 2.46. The molecular weight excluding hydrogens is 251 g/mol. The van der Waals surface area contributed by atoms with Crippen LogP contribution in [0.4, 0.5) is 4.39 Å². The van der Waals surface area contributed by atoms with E-state index in [1.807, 2.05) is 13.8 Å². The smallest absolute Gasteiger partial charge is 0.264 e. The van der Waals surface area contributed by atoms with Crippen LogP contribution >= 0.6 is 0 Å². The van der Waals surface area contributed by atoms with Crippen LogP contribution in [0.1, 0.15) is 41.8 Å². The molecule has 0 aliphatic rings. The van der Waals surface area contributed by atoms with Crippen molar-refractivity contribution in [3.05, 3.63) is 41.3 Å². The van der Waals surface area contributed by atoms with Crippen LogP contribution in [0.2, 0.25) is 0 Å². The molecule has 0 saturated carbocycles. The number of hydrogen-bond donors (Lipinski definition) is 0. The molecule has 0 atom stereocenters. The lowest BCUT2D eigenvalue weighted by molar-refractivity contribution is 0.111. The number of aromatic nitrogens is 2. The average molecular weight is 264 g/mol. The highest BCUT2D eigenvalue weighted by Crippen LogP contribution is 2.22. The van der Waals surface area contributed by atoms with E-state index in [0.29, 0.717) is 12.1 Å². The van der Waals surface area contributed by atoms with E-state index in [-0.39, 0.29) is 29.7 Å². The minimum atomic E-state index is -0.604. The third-order valence-corrected chi connectivity index (χ3v) is 2.46. The summed E-state index contributed by atoms with van der Waals surface area (Å²) in [6.07, 6.45) is 0.534. The van der Waals surface area contributed by atoms with Gasteiger partial charge in [-0.3, -0.25) is 4.79 Å². The maximum absolute atomic E-state index is 13.5. The molecule has 1 aromatic heterocycles. The van der Waals surface area contributed by atoms with E-state index in [1.165, 1.54) is 18.2 Å². The lowest BCUT2D eigenvalue weighted by Crippen LogP contribution is -2.01. The first-order valence-electron chi connectivity index (χ1n) is 5.80. The van der Waals surface area contributed by atoms with Gasteiger partial charge in [-0.05, 0) is 12.1 Å². The number of para-hydroxylation sites is 1. The van der Waals surface area contributed by atoms with Gasteiger partial charge in [0.05, 0.1) is 5.56 Å². The summed E-state index contributed by atoms with van der Waals surface area (Å²) in [6.45, 7) is 3.77. The maximum atomic E-state index is 13.5. The number of hydrogen-bond acceptors (Lipinski definition) is 5. The second kappa shape index (κ2) is 5.60. The molecule has 0 radical (unpaired) electrons. The van der Waals surface area contributed by atoms with Gasteiger partial charge in [0.1, 0.15) is 0 Å². The molecule has 0 N–H and O–H groups in total. The fourth-order valence-electron chi connectivity index (χ4n) is 1.47. The number of carbonyl (C=O) groups is 1. The molecule has 0 saturated heterocycles. The molecular formula is C13H13FN2O3. The average Bonchev–Trinajstić information content (AvgIpc) is 2.86. The van der Waals surface area contributed by atoms with Crippen LogP contribution in [0.5, 0.6) is 5.75 Å². The molecule has 0 fully saturated rings. The van der Waals surface area contributed by atoms with Gasteiger partial charge in [0.25, 0.3) is 5.89 Å². The predicted octanol–water partition coefficient (Wildman–Crippen LogP) is 2.72. The van der Waals surface area contributed by atoms with Crippen molar-refractivity contribution in [2.75, 3.05) is 0 Å². The Bertz CT molecular complexity index is 581. The molecule has 0 amide bonds. The second-order valence-corrected chi connectivity index (χ2v) is 4.27. The summed E-state index contributed by atoms with van der Waals surface area (Å²) in [7, 11) is 0. The molecule has 19 heavy (non-hydrogen) atoms. The molecule has 1 aromatic carbocycles. The Morgan fingerprint density at radius 1 is 1.47 bits per heavy atom. The second-order valence-electron chi connectivity index (χ2n) is 4.27. The van der Waals surface area contributed by atoms with Crippen molar-refractivity contribution < 1.29 is 18.4 Å². The Labute approximate surface area is 109 Å². The molecule has 2 aromatic rings. The largest absolute Gasteiger partial charge is 0.480 e. The van der Waals surface area contributed by atoms with Crippen molar-refractivity contribution in [3.63, 3.8) is 0 Å². The summed E-state index contributed by atoms with van der Waals surface area (Å²) in [5.74, 6) is 0.220. The first kappa shape index (κ1) is 13.2. The van der Waals surface area contributed by atoms with Gasteiger partial charge in [-0.2, -0.15) is 4.98 Å². The summed E-state index contributed by atoms with van der Waals surface area (Å²) in [5.41, 5.74) is 0.142. The molecule has 6 heteroatoms. The Morgan fingerprint density at radius 2 is 2.26 bits per heavy atom. The van der Waals surface area contributed by atoms with Gasteiger partial charge >= 0.3 is 0 Å². The lowest BCUT2D eigenvalue weighted by Gasteiger charge is -2.06. The molecule has 0 aliphatic carbocycles. The third kappa shape index (κ3) is 2.96. The van der Waals surface area contributed by atoms with E-state index in [1.54, 1.807) is 0 Å². The van der Waals surface area contributed by atoms with Crippen molar-refractivity contribution in [1.29, 1.82) is 0 Å². The molecule has 0 bridgehead atoms. The Kier molecular flexibility index (Phi) is 3.89. The Hall–Kier alpha value is -2.24. The van der Waals surface area contributed by atoms with Crippen molar-refractivity contribution in [3.8, 4) is 5.75 Å². The van der Waals surface area contributed by atoms with Gasteiger partial charge in [0.2, 0.25) is 0 Å². The standard InChI is InChI=1S/C13H13FN2O3/c1-8(2)13-15-11(19-16-13)7-18-12-9(6-17)4-3-5-10(12)14/h3-6,8H,7H2,1-2H3. The SMILES string of the molecule is CC(C)c1noc(COc2c(F)cccc2C=O)n1. The number of rotatable bonds is 5. The summed E-state index contributed by atoms with van der Waals surface area (Å²) >= 11 is 0. The maximum Gasteiger partial charge on any atom is 0.264 e. The van der Waals surface area contributed by atoms with Crippen molar-refractivity contribution >= 4 is 6.29 Å². The van der Waals surface area contributed by atoms with E-state index in [4.69, 9.17) is 9.26 Å². The monoisotopic (exact) mass is 264 g/mol. The molecule has 0 aliphatic heterocycles. The highest BCUT2D eigenvalue weighted by Gasteiger charge is 2.13. The number of benzene rings is 1. The number of carbonyl (C=O) groups excluding carboxylic acids is 1. The number of nitrogens with zero attached hydrogens (tertiary/aromatic N) is 2. The fraction of sp³-hybridized carbons (Fsp3) is 0.308. The van der Waals surface area contributed by atoms with Crippen molar-refractivity contribution in [2.45, 2.75) is 26.4 Å². The first-order valence-corrected chi connectivity index (χ1v) is 5.80. The lowest BCUT2D eigenvalue weighted by atomic mass is 10.2. The molecule has 5 nitrogen and oxygen atoms in total. The van der Waals surface area contributed by atoms with Gasteiger partial charge in [-0.15, -0.1) is 0 Å². The molecule has 0 spiro atoms. The normalized spacial score (nSPS) is 10.7. The van der Waals surface area contributed by atoms with E-state index in [9.17, 15) is 9.18 Å². The summed E-state index contributed by atoms with van der Waals surface area (Å²) in [6, 6.07) is 4.13. The zero-order chi connectivity index (χ0) is 13.8. The number of aldehydes is 1. The number of ether oxygens (including phenoxy) is 1. The minimum Gasteiger partial charge on any atom is -0.480 e. The summed E-state index contributed by atoms with van der Waals surface area (Å²) in [5, 5.41) is 3.76. The van der Waals surface area contributed by atoms with Crippen LogP contribution in [-0.2, 0) is 6.61 Å². The van der Waals surface area contributed by atoms with Crippen molar-refractivity contribution in [2.24, 2.45) is 0 Å². The highest BCUT2D eigenvalue weighted by molar-refractivity contribution is 5.79. The predicted molar refractivity (Wildman–Crippen MR) is 64.5 cm³/mol. The summed E-state index contributed by atoms with van der Waals surface area (Å²) in [4.78, 5) is 14.9. The van der Waals surface area contributed by atoms with Crippen LogP contribution in [0, 0.1) is 5.82 Å². The van der Waals surface area contributed by atoms with Gasteiger partial charge in [-0.1, -0.05) is 25.1 Å². The molecule has 1 heterocycles. The van der Waals surface area contributed by atoms with E-state index < -0.39 is 5.82 Å². The topological polar surface area (TPSA) is 65.2 Å². The van der Waals surface area contributed by atoms with Crippen LogP contribution in [0.15, 0.2) is 22.7 Å². The van der Waals surface area contributed by atoms with Gasteiger partial charge in [0.15, 0.2) is 30.3 Å². The quantitative estimate of drug-likeness (QED) is 0.777. The Morgan fingerprint density at radius 3 is 2.89 bits per heavy atom. The molecule has 0 unspecified atom stereocenters. The summed E-state index contributed by atoms with van der Waals surface area (Å²) < 4.78 is 23.7. The van der Waals surface area contributed by atoms with Crippen LogP contribution < -0.4 is 4.74 Å². The Balaban J connectivity index is 2.12.